The minimum Gasteiger partial charge on any atom is -0.444 e. The van der Waals surface area contributed by atoms with Gasteiger partial charge in [0.25, 0.3) is 0 Å². The number of hydrogen-bond acceptors (Lipinski definition) is 4. The third-order valence-corrected chi connectivity index (χ3v) is 5.36. The normalized spacial score (nSPS) is 22.1. The minimum absolute atomic E-state index is 0.245. The van der Waals surface area contributed by atoms with Crippen LogP contribution in [0.5, 0.6) is 0 Å². The Morgan fingerprint density at radius 2 is 2.18 bits per heavy atom. The predicted octanol–water partition coefficient (Wildman–Crippen LogP) is 4.82. The van der Waals surface area contributed by atoms with Gasteiger partial charge in [-0.3, -0.25) is 0 Å². The monoisotopic (exact) mass is 389 g/mol. The average Bonchev–Trinajstić information content (AvgIpc) is 3.02. The molecule has 0 aliphatic carbocycles. The van der Waals surface area contributed by atoms with E-state index in [0.29, 0.717) is 19.7 Å². The molecule has 1 saturated heterocycles. The smallest absolute Gasteiger partial charge is 0.410 e. The van der Waals surface area contributed by atoms with Gasteiger partial charge in [0.1, 0.15) is 5.60 Å². The zero-order valence-electron chi connectivity index (χ0n) is 13.6. The van der Waals surface area contributed by atoms with Gasteiger partial charge in [-0.15, -0.1) is 11.3 Å². The van der Waals surface area contributed by atoms with Crippen LogP contribution >= 0.6 is 27.3 Å². The largest absolute Gasteiger partial charge is 0.444 e. The molecule has 22 heavy (non-hydrogen) atoms. The highest BCUT2D eigenvalue weighted by Crippen LogP contribution is 2.32. The number of amides is 1. The Balaban J connectivity index is 1.93. The fraction of sp³-hybridized carbons (Fsp3) is 0.688. The topological polar surface area (TPSA) is 38.8 Å². The SMILES string of the molecule is CCC1(OCc2ccc(Br)s2)CCN(C(=O)OC(C)(C)C)C1. The Morgan fingerprint density at radius 3 is 2.73 bits per heavy atom. The van der Waals surface area contributed by atoms with Gasteiger partial charge in [0.05, 0.1) is 22.5 Å². The molecule has 0 spiro atoms. The molecular formula is C16H24BrNO3S. The van der Waals surface area contributed by atoms with Crippen LogP contribution < -0.4 is 0 Å². The molecule has 0 saturated carbocycles. The van der Waals surface area contributed by atoms with Gasteiger partial charge in [0.2, 0.25) is 0 Å². The Bertz CT molecular complexity index is 526. The van der Waals surface area contributed by atoms with Crippen molar-refractivity contribution in [3.63, 3.8) is 0 Å². The number of carbonyl (C=O) groups excluding carboxylic acids is 1. The van der Waals surface area contributed by atoms with Crippen molar-refractivity contribution < 1.29 is 14.3 Å². The van der Waals surface area contributed by atoms with Gasteiger partial charge in [-0.05, 0) is 61.7 Å². The fourth-order valence-electron chi connectivity index (χ4n) is 2.49. The molecule has 0 aromatic carbocycles. The van der Waals surface area contributed by atoms with Gasteiger partial charge in [-0.25, -0.2) is 4.79 Å². The van der Waals surface area contributed by atoms with Gasteiger partial charge in [-0.2, -0.15) is 0 Å². The van der Waals surface area contributed by atoms with E-state index in [1.54, 1.807) is 16.2 Å². The second-order valence-electron chi connectivity index (χ2n) is 6.68. The number of halogens is 1. The van der Waals surface area contributed by atoms with Crippen LogP contribution in [0.1, 0.15) is 45.4 Å². The van der Waals surface area contributed by atoms with Crippen molar-refractivity contribution in [1.29, 1.82) is 0 Å². The van der Waals surface area contributed by atoms with E-state index in [0.717, 1.165) is 16.6 Å². The molecule has 4 nitrogen and oxygen atoms in total. The van der Waals surface area contributed by atoms with Crippen LogP contribution in [0.25, 0.3) is 0 Å². The number of likely N-dealkylation sites (tertiary alicyclic amines) is 1. The first-order chi connectivity index (χ1) is 10.2. The molecular weight excluding hydrogens is 366 g/mol. The van der Waals surface area contributed by atoms with E-state index in [2.05, 4.69) is 28.9 Å². The van der Waals surface area contributed by atoms with Crippen molar-refractivity contribution in [3.05, 3.63) is 20.8 Å². The third-order valence-electron chi connectivity index (χ3n) is 3.76. The summed E-state index contributed by atoms with van der Waals surface area (Å²) in [6, 6.07) is 4.10. The highest BCUT2D eigenvalue weighted by atomic mass is 79.9. The van der Waals surface area contributed by atoms with Crippen LogP contribution in [0.3, 0.4) is 0 Å². The maximum atomic E-state index is 12.2. The van der Waals surface area contributed by atoms with Gasteiger partial charge >= 0.3 is 6.09 Å². The van der Waals surface area contributed by atoms with Crippen LogP contribution in [0.2, 0.25) is 0 Å². The average molecular weight is 390 g/mol. The molecule has 0 radical (unpaired) electrons. The molecule has 0 bridgehead atoms. The first kappa shape index (κ1) is 17.8. The van der Waals surface area contributed by atoms with Crippen LogP contribution in [0.15, 0.2) is 15.9 Å². The number of thiophene rings is 1. The van der Waals surface area contributed by atoms with E-state index in [-0.39, 0.29) is 11.7 Å². The van der Waals surface area contributed by atoms with Crippen molar-refractivity contribution in [2.75, 3.05) is 13.1 Å². The summed E-state index contributed by atoms with van der Waals surface area (Å²) in [6.07, 6.45) is 1.50. The standard InChI is InChI=1S/C16H24BrNO3S/c1-5-16(20-10-12-6-7-13(17)22-12)8-9-18(11-16)14(19)21-15(2,3)4/h6-7H,5,8-11H2,1-4H3. The summed E-state index contributed by atoms with van der Waals surface area (Å²) in [5, 5.41) is 0. The van der Waals surface area contributed by atoms with E-state index < -0.39 is 5.60 Å². The second-order valence-corrected chi connectivity index (χ2v) is 9.23. The summed E-state index contributed by atoms with van der Waals surface area (Å²) in [6.45, 7) is 9.66. The van der Waals surface area contributed by atoms with Crippen LogP contribution in [0, 0.1) is 0 Å². The molecule has 1 amide bonds. The molecule has 1 unspecified atom stereocenters. The van der Waals surface area contributed by atoms with Gasteiger partial charge in [-0.1, -0.05) is 6.92 Å². The van der Waals surface area contributed by atoms with E-state index in [4.69, 9.17) is 9.47 Å². The number of nitrogens with zero attached hydrogens (tertiary/aromatic N) is 1. The second kappa shape index (κ2) is 6.89. The molecule has 2 rings (SSSR count). The molecule has 1 fully saturated rings. The fourth-order valence-corrected chi connectivity index (χ4v) is 3.89. The summed E-state index contributed by atoms with van der Waals surface area (Å²) in [5.41, 5.74) is -0.716. The van der Waals surface area contributed by atoms with Crippen LogP contribution in [0.4, 0.5) is 4.79 Å². The molecule has 1 aromatic heterocycles. The van der Waals surface area contributed by atoms with Gasteiger partial charge in [0.15, 0.2) is 0 Å². The minimum atomic E-state index is -0.460. The highest BCUT2D eigenvalue weighted by Gasteiger charge is 2.41. The van der Waals surface area contributed by atoms with Crippen molar-refractivity contribution >= 4 is 33.4 Å². The van der Waals surface area contributed by atoms with Gasteiger partial charge < -0.3 is 14.4 Å². The molecule has 0 N–H and O–H groups in total. The molecule has 124 valence electrons. The summed E-state index contributed by atoms with van der Waals surface area (Å²) in [5.74, 6) is 0. The van der Waals surface area contributed by atoms with Gasteiger partial charge in [0, 0.05) is 11.4 Å². The lowest BCUT2D eigenvalue weighted by molar-refractivity contribution is -0.0517. The molecule has 2 heterocycles. The van der Waals surface area contributed by atoms with Crippen molar-refractivity contribution in [2.24, 2.45) is 0 Å². The molecule has 1 atom stereocenters. The third kappa shape index (κ3) is 4.70. The molecule has 1 aliphatic rings. The lowest BCUT2D eigenvalue weighted by Crippen LogP contribution is -2.40. The predicted molar refractivity (Wildman–Crippen MR) is 92.3 cm³/mol. The Labute approximate surface area is 144 Å². The number of ether oxygens (including phenoxy) is 2. The highest BCUT2D eigenvalue weighted by molar-refractivity contribution is 9.11. The molecule has 6 heteroatoms. The summed E-state index contributed by atoms with van der Waals surface area (Å²) in [7, 11) is 0. The van der Waals surface area contributed by atoms with Crippen molar-refractivity contribution in [2.45, 2.75) is 58.3 Å². The molecule has 1 aliphatic heterocycles. The van der Waals surface area contributed by atoms with E-state index in [1.165, 1.54) is 4.88 Å². The van der Waals surface area contributed by atoms with Crippen molar-refractivity contribution in [1.82, 2.24) is 4.90 Å². The first-order valence-electron chi connectivity index (χ1n) is 7.59. The van der Waals surface area contributed by atoms with Crippen LogP contribution in [-0.2, 0) is 16.1 Å². The zero-order chi connectivity index (χ0) is 16.4. The van der Waals surface area contributed by atoms with E-state index >= 15 is 0 Å². The first-order valence-corrected chi connectivity index (χ1v) is 9.20. The van der Waals surface area contributed by atoms with Crippen molar-refractivity contribution in [3.8, 4) is 0 Å². The summed E-state index contributed by atoms with van der Waals surface area (Å²) in [4.78, 5) is 15.1. The molecule has 1 aromatic rings. The Kier molecular flexibility index (Phi) is 5.56. The Hall–Kier alpha value is -0.590. The van der Waals surface area contributed by atoms with Crippen LogP contribution in [-0.4, -0.2) is 35.3 Å². The summed E-state index contributed by atoms with van der Waals surface area (Å²) >= 11 is 5.15. The number of carbonyl (C=O) groups is 1. The quantitative estimate of drug-likeness (QED) is 0.740. The number of rotatable bonds is 4. The van der Waals surface area contributed by atoms with E-state index in [9.17, 15) is 4.79 Å². The Morgan fingerprint density at radius 1 is 1.45 bits per heavy atom. The lowest BCUT2D eigenvalue weighted by atomic mass is 10.00. The maximum Gasteiger partial charge on any atom is 0.410 e. The maximum absolute atomic E-state index is 12.2. The van der Waals surface area contributed by atoms with E-state index in [1.807, 2.05) is 26.8 Å². The lowest BCUT2D eigenvalue weighted by Gasteiger charge is -2.29. The summed E-state index contributed by atoms with van der Waals surface area (Å²) < 4.78 is 12.8. The zero-order valence-corrected chi connectivity index (χ0v) is 16.1. The number of hydrogen-bond donors (Lipinski definition) is 0.